The summed E-state index contributed by atoms with van der Waals surface area (Å²) in [6.45, 7) is 3.78. The van der Waals surface area contributed by atoms with Crippen LogP contribution in [0.3, 0.4) is 0 Å². The summed E-state index contributed by atoms with van der Waals surface area (Å²) in [5, 5.41) is 12.0. The number of methoxy groups -OCH3 is 1. The van der Waals surface area contributed by atoms with E-state index < -0.39 is 0 Å². The molecular formula is C14H25N3O2. The van der Waals surface area contributed by atoms with Crippen molar-refractivity contribution in [2.75, 3.05) is 39.9 Å². The number of nitrogens with zero attached hydrogens (tertiary/aromatic N) is 2. The van der Waals surface area contributed by atoms with Gasteiger partial charge in [0.05, 0.1) is 19.1 Å². The zero-order valence-corrected chi connectivity index (χ0v) is 11.9. The van der Waals surface area contributed by atoms with Crippen LogP contribution in [0.2, 0.25) is 0 Å². The first-order chi connectivity index (χ1) is 9.27. The first kappa shape index (κ1) is 15.9. The molecule has 0 aromatic carbocycles. The van der Waals surface area contributed by atoms with E-state index in [4.69, 9.17) is 10.00 Å². The van der Waals surface area contributed by atoms with Gasteiger partial charge in [-0.05, 0) is 38.3 Å². The Morgan fingerprint density at radius 3 is 2.79 bits per heavy atom. The first-order valence-corrected chi connectivity index (χ1v) is 7.12. The first-order valence-electron chi connectivity index (χ1n) is 7.12. The molecule has 5 heteroatoms. The zero-order chi connectivity index (χ0) is 13.9. The summed E-state index contributed by atoms with van der Waals surface area (Å²) in [4.78, 5) is 13.9. The van der Waals surface area contributed by atoms with Crippen LogP contribution in [-0.4, -0.2) is 50.7 Å². The molecule has 5 nitrogen and oxygen atoms in total. The van der Waals surface area contributed by atoms with Crippen LogP contribution in [0.5, 0.6) is 0 Å². The van der Waals surface area contributed by atoms with Gasteiger partial charge in [-0.25, -0.2) is 0 Å². The topological polar surface area (TPSA) is 65.4 Å². The lowest BCUT2D eigenvalue weighted by atomic mass is 9.93. The molecule has 0 atom stereocenters. The van der Waals surface area contributed by atoms with Gasteiger partial charge in [-0.2, -0.15) is 5.26 Å². The van der Waals surface area contributed by atoms with Crippen molar-refractivity contribution >= 4 is 5.91 Å². The largest absolute Gasteiger partial charge is 0.383 e. The van der Waals surface area contributed by atoms with Crippen molar-refractivity contribution in [3.63, 3.8) is 0 Å². The molecule has 1 fully saturated rings. The van der Waals surface area contributed by atoms with Crippen molar-refractivity contribution in [2.24, 2.45) is 5.92 Å². The highest BCUT2D eigenvalue weighted by atomic mass is 16.5. The van der Waals surface area contributed by atoms with E-state index >= 15 is 0 Å². The predicted octanol–water partition coefficient (Wildman–Crippen LogP) is 1.15. The molecule has 0 aromatic rings. The second-order valence-electron chi connectivity index (χ2n) is 5.01. The maximum absolute atomic E-state index is 12.1. The van der Waals surface area contributed by atoms with Gasteiger partial charge < -0.3 is 15.0 Å². The summed E-state index contributed by atoms with van der Waals surface area (Å²) in [5.41, 5.74) is 0. The molecule has 1 aliphatic rings. The van der Waals surface area contributed by atoms with E-state index in [-0.39, 0.29) is 5.91 Å². The molecule has 1 rings (SSSR count). The van der Waals surface area contributed by atoms with Gasteiger partial charge in [0.25, 0.3) is 0 Å². The monoisotopic (exact) mass is 267 g/mol. The number of rotatable bonds is 8. The molecule has 1 heterocycles. The van der Waals surface area contributed by atoms with E-state index in [2.05, 4.69) is 11.4 Å². The molecule has 19 heavy (non-hydrogen) atoms. The highest BCUT2D eigenvalue weighted by molar-refractivity contribution is 5.76. The number of hydrogen-bond donors (Lipinski definition) is 1. The summed E-state index contributed by atoms with van der Waals surface area (Å²) in [6, 6.07) is 2.09. The van der Waals surface area contributed by atoms with Gasteiger partial charge >= 0.3 is 0 Å². The minimum atomic E-state index is 0.158. The van der Waals surface area contributed by atoms with Gasteiger partial charge in [-0.15, -0.1) is 0 Å². The minimum absolute atomic E-state index is 0.158. The molecule has 1 N–H and O–H groups in total. The number of nitriles is 1. The normalized spacial score (nSPS) is 16.0. The van der Waals surface area contributed by atoms with E-state index in [1.165, 1.54) is 12.8 Å². The SMILES string of the molecule is COCCN(CCC#N)C(=O)CCC1CCNCC1. The highest BCUT2D eigenvalue weighted by Gasteiger charge is 2.17. The van der Waals surface area contributed by atoms with Crippen LogP contribution in [-0.2, 0) is 9.53 Å². The molecule has 0 unspecified atom stereocenters. The van der Waals surface area contributed by atoms with Gasteiger partial charge in [0, 0.05) is 26.6 Å². The van der Waals surface area contributed by atoms with Gasteiger partial charge in [0.15, 0.2) is 0 Å². The van der Waals surface area contributed by atoms with Gasteiger partial charge in [0.2, 0.25) is 5.91 Å². The predicted molar refractivity (Wildman–Crippen MR) is 73.5 cm³/mol. The Labute approximate surface area is 115 Å². The Hall–Kier alpha value is -1.12. The van der Waals surface area contributed by atoms with Crippen molar-refractivity contribution < 1.29 is 9.53 Å². The third kappa shape index (κ3) is 6.55. The Morgan fingerprint density at radius 1 is 1.42 bits per heavy atom. The lowest BCUT2D eigenvalue weighted by Crippen LogP contribution is -2.35. The third-order valence-electron chi connectivity index (χ3n) is 3.64. The van der Waals surface area contributed by atoms with E-state index in [0.29, 0.717) is 38.5 Å². The molecule has 1 saturated heterocycles. The lowest BCUT2D eigenvalue weighted by Gasteiger charge is -2.25. The highest BCUT2D eigenvalue weighted by Crippen LogP contribution is 2.18. The number of carbonyl (C=O) groups is 1. The Bertz CT molecular complexity index is 296. The van der Waals surface area contributed by atoms with Gasteiger partial charge in [-0.3, -0.25) is 4.79 Å². The van der Waals surface area contributed by atoms with Crippen LogP contribution >= 0.6 is 0 Å². The van der Waals surface area contributed by atoms with Crippen molar-refractivity contribution in [3.8, 4) is 6.07 Å². The number of hydrogen-bond acceptors (Lipinski definition) is 4. The summed E-state index contributed by atoms with van der Waals surface area (Å²) in [5.74, 6) is 0.830. The minimum Gasteiger partial charge on any atom is -0.383 e. The maximum atomic E-state index is 12.1. The Balaban J connectivity index is 2.30. The Morgan fingerprint density at radius 2 is 2.16 bits per heavy atom. The number of ether oxygens (including phenoxy) is 1. The molecule has 108 valence electrons. The second kappa shape index (κ2) is 9.76. The molecule has 0 radical (unpaired) electrons. The fraction of sp³-hybridized carbons (Fsp3) is 0.857. The van der Waals surface area contributed by atoms with Crippen molar-refractivity contribution in [2.45, 2.75) is 32.1 Å². The smallest absolute Gasteiger partial charge is 0.222 e. The van der Waals surface area contributed by atoms with Crippen LogP contribution in [0.25, 0.3) is 0 Å². The lowest BCUT2D eigenvalue weighted by molar-refractivity contribution is -0.132. The summed E-state index contributed by atoms with van der Waals surface area (Å²) in [6.07, 6.45) is 4.30. The standard InChI is InChI=1S/C14H25N3O2/c1-19-12-11-17(10-2-7-15)14(18)4-3-13-5-8-16-9-6-13/h13,16H,2-6,8-12H2,1H3. The van der Waals surface area contributed by atoms with E-state index in [0.717, 1.165) is 19.5 Å². The van der Waals surface area contributed by atoms with Crippen LogP contribution in [0.1, 0.15) is 32.1 Å². The van der Waals surface area contributed by atoms with E-state index in [9.17, 15) is 4.79 Å². The zero-order valence-electron chi connectivity index (χ0n) is 11.9. The van der Waals surface area contributed by atoms with Crippen LogP contribution in [0.15, 0.2) is 0 Å². The van der Waals surface area contributed by atoms with Crippen molar-refractivity contribution in [1.29, 1.82) is 5.26 Å². The fourth-order valence-electron chi connectivity index (χ4n) is 2.40. The Kier molecular flexibility index (Phi) is 8.19. The van der Waals surface area contributed by atoms with Gasteiger partial charge in [-0.1, -0.05) is 0 Å². The summed E-state index contributed by atoms with van der Waals surface area (Å²) >= 11 is 0. The fourth-order valence-corrected chi connectivity index (χ4v) is 2.40. The number of nitrogens with one attached hydrogen (secondary N) is 1. The molecule has 0 spiro atoms. The maximum Gasteiger partial charge on any atom is 0.222 e. The second-order valence-corrected chi connectivity index (χ2v) is 5.01. The number of piperidine rings is 1. The van der Waals surface area contributed by atoms with Crippen LogP contribution in [0.4, 0.5) is 0 Å². The average molecular weight is 267 g/mol. The van der Waals surface area contributed by atoms with Crippen LogP contribution < -0.4 is 5.32 Å². The average Bonchev–Trinajstić information content (AvgIpc) is 2.46. The van der Waals surface area contributed by atoms with Gasteiger partial charge in [0.1, 0.15) is 0 Å². The quantitative estimate of drug-likeness (QED) is 0.716. The van der Waals surface area contributed by atoms with E-state index in [1.807, 2.05) is 0 Å². The number of amides is 1. The summed E-state index contributed by atoms with van der Waals surface area (Å²) < 4.78 is 5.01. The third-order valence-corrected chi connectivity index (χ3v) is 3.64. The van der Waals surface area contributed by atoms with Crippen molar-refractivity contribution in [1.82, 2.24) is 10.2 Å². The molecule has 0 saturated carbocycles. The van der Waals surface area contributed by atoms with Crippen molar-refractivity contribution in [3.05, 3.63) is 0 Å². The van der Waals surface area contributed by atoms with E-state index in [1.54, 1.807) is 12.0 Å². The molecule has 1 amide bonds. The van der Waals surface area contributed by atoms with Crippen LogP contribution in [0, 0.1) is 17.2 Å². The molecule has 0 aliphatic carbocycles. The molecule has 0 bridgehead atoms. The molecule has 0 aromatic heterocycles. The molecular weight excluding hydrogens is 242 g/mol. The summed E-state index contributed by atoms with van der Waals surface area (Å²) in [7, 11) is 1.63. The molecule has 1 aliphatic heterocycles. The number of carbonyl (C=O) groups excluding carboxylic acids is 1.